The Hall–Kier alpha value is -2.62. The van der Waals surface area contributed by atoms with Crippen LogP contribution in [-0.4, -0.2) is 17.9 Å². The molecule has 0 saturated carbocycles. The van der Waals surface area contributed by atoms with Crippen LogP contribution in [-0.2, 0) is 11.2 Å². The van der Waals surface area contributed by atoms with Gasteiger partial charge in [0, 0.05) is 5.56 Å². The van der Waals surface area contributed by atoms with E-state index in [9.17, 15) is 9.59 Å². The summed E-state index contributed by atoms with van der Waals surface area (Å²) in [7, 11) is 0. The minimum atomic E-state index is -0.584. The third-order valence-electron chi connectivity index (χ3n) is 4.52. The second-order valence-corrected chi connectivity index (χ2v) is 6.89. The van der Waals surface area contributed by atoms with Gasteiger partial charge in [-0.25, -0.2) is 0 Å². The fraction of sp³-hybridized carbons (Fsp3) is 0.364. The number of amides is 2. The maximum absolute atomic E-state index is 12.7. The number of nitrogens with one attached hydrogen (secondary N) is 2. The zero-order valence-electron chi connectivity index (χ0n) is 16.0. The topological polar surface area (TPSA) is 58.2 Å². The molecule has 2 amide bonds. The molecular weight excluding hydrogens is 324 g/mol. The van der Waals surface area contributed by atoms with Gasteiger partial charge < -0.3 is 10.6 Å². The van der Waals surface area contributed by atoms with Crippen LogP contribution in [0.25, 0.3) is 0 Å². The molecule has 4 nitrogen and oxygen atoms in total. The summed E-state index contributed by atoms with van der Waals surface area (Å²) in [6, 6.07) is 16.6. The van der Waals surface area contributed by atoms with Crippen LogP contribution in [0.3, 0.4) is 0 Å². The van der Waals surface area contributed by atoms with E-state index in [2.05, 4.69) is 17.6 Å². The predicted molar refractivity (Wildman–Crippen MR) is 105 cm³/mol. The summed E-state index contributed by atoms with van der Waals surface area (Å²) in [6.45, 7) is 7.87. The van der Waals surface area contributed by atoms with E-state index in [1.165, 1.54) is 5.56 Å². The Morgan fingerprint density at radius 3 is 2.04 bits per heavy atom. The maximum Gasteiger partial charge on any atom is 0.251 e. The lowest BCUT2D eigenvalue weighted by Gasteiger charge is -2.24. The standard InChI is InChI=1S/C22H28N2O2/c1-5-17-11-13-19(14-12-17)21(25)24-20(15(2)3)22(26)23-16(4)18-9-7-6-8-10-18/h6-16,20H,5H2,1-4H3,(H,23,26)(H,24,25). The molecule has 0 bridgehead atoms. The first-order chi connectivity index (χ1) is 12.4. The molecule has 0 aliphatic heterocycles. The highest BCUT2D eigenvalue weighted by atomic mass is 16.2. The number of aryl methyl sites for hydroxylation is 1. The van der Waals surface area contributed by atoms with Gasteiger partial charge >= 0.3 is 0 Å². The van der Waals surface area contributed by atoms with Crippen molar-refractivity contribution in [1.82, 2.24) is 10.6 Å². The monoisotopic (exact) mass is 352 g/mol. The molecular formula is C22H28N2O2. The molecule has 2 N–H and O–H groups in total. The quantitative estimate of drug-likeness (QED) is 0.794. The van der Waals surface area contributed by atoms with Crippen LogP contribution in [0, 0.1) is 5.92 Å². The van der Waals surface area contributed by atoms with Crippen molar-refractivity contribution >= 4 is 11.8 Å². The van der Waals surface area contributed by atoms with E-state index in [1.807, 2.05) is 63.2 Å². The molecule has 2 unspecified atom stereocenters. The molecule has 0 saturated heterocycles. The fourth-order valence-corrected chi connectivity index (χ4v) is 2.78. The lowest BCUT2D eigenvalue weighted by Crippen LogP contribution is -2.50. The summed E-state index contributed by atoms with van der Waals surface area (Å²) < 4.78 is 0. The third kappa shape index (κ3) is 5.19. The minimum Gasteiger partial charge on any atom is -0.348 e. The molecule has 2 aromatic rings. The van der Waals surface area contributed by atoms with E-state index in [1.54, 1.807) is 12.1 Å². The summed E-state index contributed by atoms with van der Waals surface area (Å²) in [6.07, 6.45) is 0.927. The first kappa shape index (κ1) is 19.7. The predicted octanol–water partition coefficient (Wildman–Crippen LogP) is 3.88. The fourth-order valence-electron chi connectivity index (χ4n) is 2.78. The van der Waals surface area contributed by atoms with Gasteiger partial charge in [-0.05, 0) is 42.5 Å². The van der Waals surface area contributed by atoms with Crippen LogP contribution in [0.1, 0.15) is 55.2 Å². The number of hydrogen-bond donors (Lipinski definition) is 2. The normalized spacial score (nSPS) is 13.1. The number of rotatable bonds is 7. The Kier molecular flexibility index (Phi) is 6.96. The molecule has 2 atom stereocenters. The smallest absolute Gasteiger partial charge is 0.251 e. The van der Waals surface area contributed by atoms with Gasteiger partial charge in [-0.1, -0.05) is 63.2 Å². The van der Waals surface area contributed by atoms with E-state index in [4.69, 9.17) is 0 Å². The van der Waals surface area contributed by atoms with Crippen molar-refractivity contribution in [3.8, 4) is 0 Å². The minimum absolute atomic E-state index is 0.0168. The summed E-state index contributed by atoms with van der Waals surface area (Å²) >= 11 is 0. The van der Waals surface area contributed by atoms with Crippen molar-refractivity contribution < 1.29 is 9.59 Å². The Bertz CT molecular complexity index is 724. The summed E-state index contributed by atoms with van der Waals surface area (Å²) in [5.74, 6) is -0.416. The van der Waals surface area contributed by atoms with E-state index in [0.29, 0.717) is 5.56 Å². The van der Waals surface area contributed by atoms with Gasteiger partial charge in [0.1, 0.15) is 6.04 Å². The Labute approximate surface area is 156 Å². The first-order valence-electron chi connectivity index (χ1n) is 9.17. The van der Waals surface area contributed by atoms with Crippen LogP contribution >= 0.6 is 0 Å². The van der Waals surface area contributed by atoms with Gasteiger partial charge in [0.2, 0.25) is 5.91 Å². The van der Waals surface area contributed by atoms with Gasteiger partial charge in [-0.15, -0.1) is 0 Å². The second-order valence-electron chi connectivity index (χ2n) is 6.89. The second kappa shape index (κ2) is 9.18. The van der Waals surface area contributed by atoms with E-state index < -0.39 is 6.04 Å². The van der Waals surface area contributed by atoms with Gasteiger partial charge in [0.25, 0.3) is 5.91 Å². The van der Waals surface area contributed by atoms with Crippen LogP contribution in [0.15, 0.2) is 54.6 Å². The SMILES string of the molecule is CCc1ccc(C(=O)NC(C(=O)NC(C)c2ccccc2)C(C)C)cc1. The lowest BCUT2D eigenvalue weighted by molar-refractivity contribution is -0.124. The third-order valence-corrected chi connectivity index (χ3v) is 4.52. The molecule has 0 aromatic heterocycles. The molecule has 2 rings (SSSR count). The van der Waals surface area contributed by atoms with Crippen LogP contribution in [0.4, 0.5) is 0 Å². The number of carbonyl (C=O) groups is 2. The van der Waals surface area contributed by atoms with Gasteiger partial charge in [0.15, 0.2) is 0 Å². The zero-order chi connectivity index (χ0) is 19.1. The Morgan fingerprint density at radius 2 is 1.50 bits per heavy atom. The molecule has 0 aliphatic rings. The molecule has 0 fully saturated rings. The average Bonchev–Trinajstić information content (AvgIpc) is 2.66. The maximum atomic E-state index is 12.7. The van der Waals surface area contributed by atoms with Gasteiger partial charge in [0.05, 0.1) is 6.04 Å². The van der Waals surface area contributed by atoms with Crippen molar-refractivity contribution in [2.24, 2.45) is 5.92 Å². The molecule has 0 spiro atoms. The number of carbonyl (C=O) groups excluding carboxylic acids is 2. The van der Waals surface area contributed by atoms with Crippen LogP contribution < -0.4 is 10.6 Å². The van der Waals surface area contributed by atoms with Crippen molar-refractivity contribution in [3.05, 3.63) is 71.3 Å². The van der Waals surface area contributed by atoms with E-state index in [-0.39, 0.29) is 23.8 Å². The van der Waals surface area contributed by atoms with Crippen LogP contribution in [0.5, 0.6) is 0 Å². The Morgan fingerprint density at radius 1 is 0.885 bits per heavy atom. The lowest BCUT2D eigenvalue weighted by atomic mass is 10.0. The van der Waals surface area contributed by atoms with Crippen molar-refractivity contribution in [1.29, 1.82) is 0 Å². The van der Waals surface area contributed by atoms with E-state index in [0.717, 1.165) is 12.0 Å². The van der Waals surface area contributed by atoms with Gasteiger partial charge in [-0.2, -0.15) is 0 Å². The molecule has 2 aromatic carbocycles. The molecule has 26 heavy (non-hydrogen) atoms. The van der Waals surface area contributed by atoms with Crippen molar-refractivity contribution in [2.45, 2.75) is 46.2 Å². The zero-order valence-corrected chi connectivity index (χ0v) is 16.0. The number of benzene rings is 2. The highest BCUT2D eigenvalue weighted by molar-refractivity contribution is 5.97. The van der Waals surface area contributed by atoms with Crippen molar-refractivity contribution in [3.63, 3.8) is 0 Å². The molecule has 0 heterocycles. The summed E-state index contributed by atoms with van der Waals surface area (Å²) in [5.41, 5.74) is 2.78. The van der Waals surface area contributed by atoms with E-state index >= 15 is 0 Å². The largest absolute Gasteiger partial charge is 0.348 e. The summed E-state index contributed by atoms with van der Waals surface area (Å²) in [5, 5.41) is 5.87. The van der Waals surface area contributed by atoms with Crippen LogP contribution in [0.2, 0.25) is 0 Å². The highest BCUT2D eigenvalue weighted by Gasteiger charge is 2.25. The highest BCUT2D eigenvalue weighted by Crippen LogP contribution is 2.13. The molecule has 4 heteroatoms. The molecule has 0 aliphatic carbocycles. The van der Waals surface area contributed by atoms with Crippen molar-refractivity contribution in [2.75, 3.05) is 0 Å². The summed E-state index contributed by atoms with van der Waals surface area (Å²) in [4.78, 5) is 25.2. The molecule has 0 radical (unpaired) electrons. The molecule has 138 valence electrons. The Balaban J connectivity index is 2.04. The van der Waals surface area contributed by atoms with Gasteiger partial charge in [-0.3, -0.25) is 9.59 Å². The average molecular weight is 352 g/mol. The number of hydrogen-bond acceptors (Lipinski definition) is 2. The first-order valence-corrected chi connectivity index (χ1v) is 9.17.